The lowest BCUT2D eigenvalue weighted by atomic mass is 10.00. The van der Waals surface area contributed by atoms with Crippen LogP contribution in [0.2, 0.25) is 0 Å². The van der Waals surface area contributed by atoms with Crippen molar-refractivity contribution in [1.29, 1.82) is 0 Å². The molecule has 0 aliphatic rings. The van der Waals surface area contributed by atoms with Gasteiger partial charge in [-0.3, -0.25) is 4.40 Å². The van der Waals surface area contributed by atoms with Crippen molar-refractivity contribution in [2.45, 2.75) is 0 Å². The van der Waals surface area contributed by atoms with Gasteiger partial charge in [0.1, 0.15) is 11.5 Å². The van der Waals surface area contributed by atoms with Gasteiger partial charge in [-0.05, 0) is 56.4 Å². The maximum absolute atomic E-state index is 5.30. The quantitative estimate of drug-likeness (QED) is 0.161. The summed E-state index contributed by atoms with van der Waals surface area (Å²) in [4.78, 5) is 20.9. The summed E-state index contributed by atoms with van der Waals surface area (Å²) in [5.41, 5.74) is 12.1. The molecular weight excluding hydrogens is 767 g/mol. The van der Waals surface area contributed by atoms with Crippen molar-refractivity contribution in [3.05, 3.63) is 224 Å². The Hall–Kier alpha value is -8.54. The molecule has 9 aromatic carbocycles. The Bertz CT molecular complexity index is 3550. The summed E-state index contributed by atoms with van der Waals surface area (Å²) in [5.74, 6) is 2.23. The van der Waals surface area contributed by atoms with Crippen LogP contribution in [0.25, 0.3) is 117 Å². The molecule has 0 radical (unpaired) electrons. The normalized spacial score (nSPS) is 11.5. The number of rotatable bonds is 7. The van der Waals surface area contributed by atoms with E-state index in [-0.39, 0.29) is 0 Å². The van der Waals surface area contributed by atoms with Crippen molar-refractivity contribution in [3.8, 4) is 79.1 Å². The number of benzene rings is 9. The van der Waals surface area contributed by atoms with E-state index in [4.69, 9.17) is 19.9 Å². The van der Waals surface area contributed by atoms with Crippen molar-refractivity contribution >= 4 is 38.0 Å². The first-order valence-electron chi connectivity index (χ1n) is 21.2. The molecule has 3 aromatic heterocycles. The van der Waals surface area contributed by atoms with Gasteiger partial charge in [-0.1, -0.05) is 206 Å². The number of hydrogen-bond donors (Lipinski definition) is 0. The Morgan fingerprint density at radius 3 is 1.38 bits per heavy atom. The van der Waals surface area contributed by atoms with Gasteiger partial charge < -0.3 is 0 Å². The Morgan fingerprint density at radius 1 is 0.270 bits per heavy atom. The van der Waals surface area contributed by atoms with Crippen LogP contribution in [0.4, 0.5) is 0 Å². The van der Waals surface area contributed by atoms with Gasteiger partial charge in [-0.25, -0.2) is 19.9 Å². The molecule has 0 aliphatic heterocycles. The minimum absolute atomic E-state index is 0.692. The van der Waals surface area contributed by atoms with Crippen LogP contribution in [0.5, 0.6) is 0 Å². The monoisotopic (exact) mass is 803 g/mol. The van der Waals surface area contributed by atoms with Crippen LogP contribution in [0.1, 0.15) is 0 Å². The van der Waals surface area contributed by atoms with Gasteiger partial charge >= 0.3 is 0 Å². The molecule has 12 rings (SSSR count). The minimum Gasteiger partial charge on any atom is -0.277 e. The summed E-state index contributed by atoms with van der Waals surface area (Å²) in [7, 11) is 0. The standard InChI is InChI=1S/C58H37N5/c1-3-15-43(16-4-1)54-50-21-11-12-22-51(50)58-62-55(44-17-5-2-6-18-44)61-57(63(54)58)45-31-25-41(26-32-45)40-23-29-42(30-24-40)52-37-53(48-33-27-38-13-7-9-19-46(38)35-48)60-56(59-52)49-34-28-39-14-8-10-20-47(39)36-49/h1-37H. The molecule has 0 saturated carbocycles. The fourth-order valence-corrected chi connectivity index (χ4v) is 8.81. The predicted molar refractivity (Wildman–Crippen MR) is 259 cm³/mol. The van der Waals surface area contributed by atoms with Crippen LogP contribution in [0, 0.1) is 0 Å². The van der Waals surface area contributed by atoms with Gasteiger partial charge in [-0.2, -0.15) is 0 Å². The first kappa shape index (κ1) is 36.3. The average Bonchev–Trinajstić information content (AvgIpc) is 3.70. The highest BCUT2D eigenvalue weighted by Crippen LogP contribution is 2.38. The Morgan fingerprint density at radius 2 is 0.730 bits per heavy atom. The predicted octanol–water partition coefficient (Wildman–Crippen LogP) is 14.6. The molecule has 0 N–H and O–H groups in total. The molecule has 0 bridgehead atoms. The van der Waals surface area contributed by atoms with Crippen LogP contribution in [-0.4, -0.2) is 24.3 Å². The summed E-state index contributed by atoms with van der Waals surface area (Å²) in [5, 5.41) is 6.95. The highest BCUT2D eigenvalue weighted by atomic mass is 15.1. The van der Waals surface area contributed by atoms with Gasteiger partial charge in [0.05, 0.1) is 17.1 Å². The minimum atomic E-state index is 0.692. The number of aromatic nitrogens is 5. The first-order valence-corrected chi connectivity index (χ1v) is 21.2. The van der Waals surface area contributed by atoms with Crippen LogP contribution in [-0.2, 0) is 0 Å². The second-order valence-electron chi connectivity index (χ2n) is 15.9. The summed E-state index contributed by atoms with van der Waals surface area (Å²) in [6, 6.07) is 78.7. The highest BCUT2D eigenvalue weighted by molar-refractivity contribution is 6.06. The molecule has 0 unspecified atom stereocenters. The van der Waals surface area contributed by atoms with Crippen LogP contribution >= 0.6 is 0 Å². The van der Waals surface area contributed by atoms with Crippen LogP contribution in [0.3, 0.4) is 0 Å². The van der Waals surface area contributed by atoms with Gasteiger partial charge in [0, 0.05) is 38.6 Å². The van der Waals surface area contributed by atoms with Crippen LogP contribution < -0.4 is 0 Å². The lowest BCUT2D eigenvalue weighted by Gasteiger charge is -2.13. The summed E-state index contributed by atoms with van der Waals surface area (Å²) in [6.07, 6.45) is 0. The fourth-order valence-electron chi connectivity index (χ4n) is 8.81. The van der Waals surface area contributed by atoms with Gasteiger partial charge in [0.25, 0.3) is 0 Å². The van der Waals surface area contributed by atoms with Crippen molar-refractivity contribution < 1.29 is 0 Å². The molecule has 0 aliphatic carbocycles. The van der Waals surface area contributed by atoms with Crippen molar-refractivity contribution in [2.75, 3.05) is 0 Å². The molecular formula is C58H37N5. The third kappa shape index (κ3) is 6.60. The Balaban J connectivity index is 0.941. The van der Waals surface area contributed by atoms with Crippen LogP contribution in [0.15, 0.2) is 224 Å². The zero-order valence-electron chi connectivity index (χ0n) is 34.1. The molecule has 0 fully saturated rings. The molecule has 294 valence electrons. The molecule has 0 amide bonds. The van der Waals surface area contributed by atoms with E-state index in [2.05, 4.69) is 211 Å². The van der Waals surface area contributed by atoms with Gasteiger partial charge in [-0.15, -0.1) is 0 Å². The summed E-state index contributed by atoms with van der Waals surface area (Å²) in [6.45, 7) is 0. The number of fused-ring (bicyclic) bond motifs is 5. The second-order valence-corrected chi connectivity index (χ2v) is 15.9. The fraction of sp³-hybridized carbons (Fsp3) is 0. The van der Waals surface area contributed by atoms with E-state index in [0.29, 0.717) is 11.6 Å². The molecule has 63 heavy (non-hydrogen) atoms. The maximum atomic E-state index is 5.30. The van der Waals surface area contributed by atoms with E-state index in [1.54, 1.807) is 0 Å². The van der Waals surface area contributed by atoms with E-state index in [9.17, 15) is 0 Å². The maximum Gasteiger partial charge on any atom is 0.163 e. The molecule has 5 heteroatoms. The Kier molecular flexibility index (Phi) is 8.75. The lowest BCUT2D eigenvalue weighted by molar-refractivity contribution is 1.05. The lowest BCUT2D eigenvalue weighted by Crippen LogP contribution is -2.03. The highest BCUT2D eigenvalue weighted by Gasteiger charge is 2.21. The summed E-state index contributed by atoms with van der Waals surface area (Å²) >= 11 is 0. The zero-order valence-corrected chi connectivity index (χ0v) is 34.1. The Labute approximate surface area is 364 Å². The number of hydrogen-bond acceptors (Lipinski definition) is 4. The molecule has 3 heterocycles. The van der Waals surface area contributed by atoms with E-state index < -0.39 is 0 Å². The summed E-state index contributed by atoms with van der Waals surface area (Å²) < 4.78 is 2.23. The number of nitrogens with zero attached hydrogens (tertiary/aromatic N) is 5. The van der Waals surface area contributed by atoms with Gasteiger partial charge in [0.15, 0.2) is 11.6 Å². The largest absolute Gasteiger partial charge is 0.277 e. The zero-order chi connectivity index (χ0) is 41.7. The van der Waals surface area contributed by atoms with E-state index >= 15 is 0 Å². The van der Waals surface area contributed by atoms with Gasteiger partial charge in [0.2, 0.25) is 0 Å². The molecule has 0 atom stereocenters. The van der Waals surface area contributed by atoms with E-state index in [0.717, 1.165) is 89.2 Å². The third-order valence-electron chi connectivity index (χ3n) is 12.0. The van der Waals surface area contributed by atoms with E-state index in [1.165, 1.54) is 16.2 Å². The smallest absolute Gasteiger partial charge is 0.163 e. The van der Waals surface area contributed by atoms with Crippen molar-refractivity contribution in [3.63, 3.8) is 0 Å². The second kappa shape index (κ2) is 15.2. The SMILES string of the molecule is c1ccc(-c2nc(-c3ccc(-c4ccc(-c5cc(-c6ccc7ccccc7c6)nc(-c6ccc7ccccc7c6)n5)cc4)cc3)n3c(-c4ccccc4)c4ccccc4c3n2)cc1. The molecule has 0 saturated heterocycles. The topological polar surface area (TPSA) is 56.0 Å². The first-order chi connectivity index (χ1) is 31.2. The molecule has 0 spiro atoms. The third-order valence-corrected chi connectivity index (χ3v) is 12.0. The van der Waals surface area contributed by atoms with Crippen molar-refractivity contribution in [1.82, 2.24) is 24.3 Å². The molecule has 5 nitrogen and oxygen atoms in total. The van der Waals surface area contributed by atoms with Crippen molar-refractivity contribution in [2.24, 2.45) is 0 Å². The molecule has 12 aromatic rings. The van der Waals surface area contributed by atoms with E-state index in [1.807, 2.05) is 18.2 Å². The average molecular weight is 804 g/mol.